The summed E-state index contributed by atoms with van der Waals surface area (Å²) in [6.45, 7) is -0.507. The molecule has 88 valence electrons. The number of nitrogens with two attached hydrogens (primary N) is 2. The van der Waals surface area contributed by atoms with Crippen LogP contribution in [0.1, 0.15) is 0 Å². The molecule has 0 aliphatic carbocycles. The lowest BCUT2D eigenvalue weighted by atomic mass is 10.3. The highest BCUT2D eigenvalue weighted by molar-refractivity contribution is 7.89. The number of benzene rings is 1. The minimum Gasteiger partial charge on any atom is -0.398 e. The Morgan fingerprint density at radius 1 is 1.44 bits per heavy atom. The third kappa shape index (κ3) is 2.84. The first-order chi connectivity index (χ1) is 7.34. The molecule has 0 unspecified atom stereocenters. The maximum absolute atomic E-state index is 11.7. The van der Waals surface area contributed by atoms with Gasteiger partial charge in [0.15, 0.2) is 0 Å². The SMILES string of the molecule is NC(=O)CNS(=O)(=O)c1c(N)cccc1Cl. The second-order valence-corrected chi connectivity index (χ2v) is 5.06. The third-order valence-corrected chi connectivity index (χ3v) is 3.65. The van der Waals surface area contributed by atoms with E-state index in [1.54, 1.807) is 0 Å². The van der Waals surface area contributed by atoms with Crippen LogP contribution in [0.25, 0.3) is 0 Å². The molecule has 1 rings (SSSR count). The van der Waals surface area contributed by atoms with Gasteiger partial charge in [-0.15, -0.1) is 0 Å². The van der Waals surface area contributed by atoms with Gasteiger partial charge in [-0.1, -0.05) is 17.7 Å². The second-order valence-electron chi connectivity index (χ2n) is 2.95. The molecule has 0 saturated heterocycles. The summed E-state index contributed by atoms with van der Waals surface area (Å²) in [4.78, 5) is 10.2. The van der Waals surface area contributed by atoms with Crippen LogP contribution in [0.2, 0.25) is 5.02 Å². The van der Waals surface area contributed by atoms with Crippen molar-refractivity contribution in [3.05, 3.63) is 23.2 Å². The molecule has 0 aliphatic heterocycles. The van der Waals surface area contributed by atoms with Crippen LogP contribution < -0.4 is 16.2 Å². The summed E-state index contributed by atoms with van der Waals surface area (Å²) in [5.41, 5.74) is 10.3. The molecule has 0 saturated carbocycles. The topological polar surface area (TPSA) is 115 Å². The molecule has 0 aliphatic rings. The number of rotatable bonds is 4. The van der Waals surface area contributed by atoms with E-state index in [9.17, 15) is 13.2 Å². The van der Waals surface area contributed by atoms with Gasteiger partial charge in [0.25, 0.3) is 0 Å². The van der Waals surface area contributed by atoms with Crippen LogP contribution >= 0.6 is 11.6 Å². The van der Waals surface area contributed by atoms with E-state index in [4.69, 9.17) is 23.1 Å². The molecule has 6 nitrogen and oxygen atoms in total. The Bertz CT molecular complexity index is 495. The minimum atomic E-state index is -3.92. The summed E-state index contributed by atoms with van der Waals surface area (Å²) in [5, 5.41) is -0.0167. The number of nitrogens with one attached hydrogen (secondary N) is 1. The number of hydrogen-bond acceptors (Lipinski definition) is 4. The van der Waals surface area contributed by atoms with Gasteiger partial charge in [-0.05, 0) is 12.1 Å². The summed E-state index contributed by atoms with van der Waals surface area (Å²) in [6, 6.07) is 4.30. The van der Waals surface area contributed by atoms with Crippen molar-refractivity contribution in [1.29, 1.82) is 0 Å². The fraction of sp³-hybridized carbons (Fsp3) is 0.125. The van der Waals surface area contributed by atoms with E-state index >= 15 is 0 Å². The lowest BCUT2D eigenvalue weighted by Crippen LogP contribution is -2.33. The van der Waals surface area contributed by atoms with Crippen molar-refractivity contribution in [2.24, 2.45) is 5.73 Å². The van der Waals surface area contributed by atoms with Gasteiger partial charge in [0.05, 0.1) is 17.3 Å². The van der Waals surface area contributed by atoms with E-state index in [-0.39, 0.29) is 15.6 Å². The highest BCUT2D eigenvalue weighted by Gasteiger charge is 2.21. The Kier molecular flexibility index (Phi) is 3.74. The molecule has 5 N–H and O–H groups in total. The predicted octanol–water partition coefficient (Wildman–Crippen LogP) is -0.314. The molecule has 16 heavy (non-hydrogen) atoms. The van der Waals surface area contributed by atoms with Crippen LogP contribution in [-0.2, 0) is 14.8 Å². The largest absolute Gasteiger partial charge is 0.398 e. The molecular weight excluding hydrogens is 254 g/mol. The average Bonchev–Trinajstić information content (AvgIpc) is 2.14. The summed E-state index contributed by atoms with van der Waals surface area (Å²) < 4.78 is 25.4. The number of carbonyl (C=O) groups is 1. The number of hydrogen-bond donors (Lipinski definition) is 3. The van der Waals surface area contributed by atoms with Crippen LogP contribution in [0.4, 0.5) is 5.69 Å². The number of sulfonamides is 1. The molecular formula is C8H10ClN3O3S. The monoisotopic (exact) mass is 263 g/mol. The third-order valence-electron chi connectivity index (χ3n) is 1.70. The lowest BCUT2D eigenvalue weighted by molar-refractivity contribution is -0.116. The van der Waals surface area contributed by atoms with Crippen molar-refractivity contribution in [2.75, 3.05) is 12.3 Å². The van der Waals surface area contributed by atoms with Crippen LogP contribution in [0.5, 0.6) is 0 Å². The molecule has 1 aromatic carbocycles. The lowest BCUT2D eigenvalue weighted by Gasteiger charge is -2.09. The summed E-state index contributed by atoms with van der Waals surface area (Å²) in [6.07, 6.45) is 0. The van der Waals surface area contributed by atoms with Gasteiger partial charge < -0.3 is 11.5 Å². The van der Waals surface area contributed by atoms with Crippen LogP contribution in [0.3, 0.4) is 0 Å². The highest BCUT2D eigenvalue weighted by atomic mass is 35.5. The highest BCUT2D eigenvalue weighted by Crippen LogP contribution is 2.26. The normalized spacial score (nSPS) is 11.3. The molecule has 0 radical (unpaired) electrons. The Labute approximate surface area is 97.6 Å². The summed E-state index contributed by atoms with van der Waals surface area (Å²) in [7, 11) is -3.92. The van der Waals surface area contributed by atoms with Gasteiger partial charge in [0.2, 0.25) is 15.9 Å². The molecule has 0 fully saturated rings. The first-order valence-corrected chi connectivity index (χ1v) is 6.02. The zero-order valence-electron chi connectivity index (χ0n) is 8.10. The van der Waals surface area contributed by atoms with Crippen molar-refractivity contribution in [1.82, 2.24) is 4.72 Å². The maximum Gasteiger partial charge on any atom is 0.244 e. The number of primary amides is 1. The zero-order chi connectivity index (χ0) is 12.3. The van der Waals surface area contributed by atoms with E-state index in [0.717, 1.165) is 0 Å². The van der Waals surface area contributed by atoms with E-state index in [1.807, 2.05) is 4.72 Å². The fourth-order valence-electron chi connectivity index (χ4n) is 1.05. The van der Waals surface area contributed by atoms with E-state index < -0.39 is 22.5 Å². The van der Waals surface area contributed by atoms with Crippen molar-refractivity contribution in [3.8, 4) is 0 Å². The molecule has 0 spiro atoms. The maximum atomic E-state index is 11.7. The minimum absolute atomic E-state index is 0.00414. The van der Waals surface area contributed by atoms with Gasteiger partial charge in [0, 0.05) is 0 Å². The molecule has 1 amide bonds. The van der Waals surface area contributed by atoms with Gasteiger partial charge in [0.1, 0.15) is 4.90 Å². The van der Waals surface area contributed by atoms with Crippen LogP contribution in [0, 0.1) is 0 Å². The molecule has 0 atom stereocenters. The second kappa shape index (κ2) is 4.69. The van der Waals surface area contributed by atoms with Gasteiger partial charge in [-0.3, -0.25) is 4.79 Å². The van der Waals surface area contributed by atoms with Crippen LogP contribution in [0.15, 0.2) is 23.1 Å². The Morgan fingerprint density at radius 2 is 2.06 bits per heavy atom. The summed E-state index contributed by atoms with van der Waals surface area (Å²) in [5.74, 6) is -0.797. The number of carbonyl (C=O) groups excluding carboxylic acids is 1. The molecule has 8 heteroatoms. The smallest absolute Gasteiger partial charge is 0.244 e. The Balaban J connectivity index is 3.12. The number of anilines is 1. The number of amides is 1. The van der Waals surface area contributed by atoms with E-state index in [1.165, 1.54) is 18.2 Å². The van der Waals surface area contributed by atoms with Crippen molar-refractivity contribution < 1.29 is 13.2 Å². The van der Waals surface area contributed by atoms with Crippen molar-refractivity contribution in [2.45, 2.75) is 4.90 Å². The van der Waals surface area contributed by atoms with Crippen molar-refractivity contribution >= 4 is 33.2 Å². The standard InChI is InChI=1S/C8H10ClN3O3S/c9-5-2-1-3-6(10)8(5)16(14,15)12-4-7(11)13/h1-3,12H,4,10H2,(H2,11,13). The molecule has 0 heterocycles. The molecule has 0 aromatic heterocycles. The first kappa shape index (κ1) is 12.8. The Hall–Kier alpha value is -1.31. The van der Waals surface area contributed by atoms with Crippen molar-refractivity contribution in [3.63, 3.8) is 0 Å². The van der Waals surface area contributed by atoms with Gasteiger partial charge >= 0.3 is 0 Å². The molecule has 1 aromatic rings. The number of nitrogen functional groups attached to an aromatic ring is 1. The Morgan fingerprint density at radius 3 is 2.56 bits per heavy atom. The van der Waals surface area contributed by atoms with E-state index in [0.29, 0.717) is 0 Å². The van der Waals surface area contributed by atoms with Gasteiger partial charge in [-0.25, -0.2) is 13.1 Å². The van der Waals surface area contributed by atoms with Gasteiger partial charge in [-0.2, -0.15) is 0 Å². The fourth-order valence-corrected chi connectivity index (χ4v) is 2.71. The quantitative estimate of drug-likeness (QED) is 0.646. The molecule has 0 bridgehead atoms. The average molecular weight is 264 g/mol. The first-order valence-electron chi connectivity index (χ1n) is 4.16. The number of halogens is 1. The van der Waals surface area contributed by atoms with Crippen LogP contribution in [-0.4, -0.2) is 20.9 Å². The predicted molar refractivity (Wildman–Crippen MR) is 60.2 cm³/mol. The van der Waals surface area contributed by atoms with E-state index in [2.05, 4.69) is 0 Å². The summed E-state index contributed by atoms with van der Waals surface area (Å²) >= 11 is 5.71. The zero-order valence-corrected chi connectivity index (χ0v) is 9.68.